The van der Waals surface area contributed by atoms with E-state index in [9.17, 15) is 8.78 Å². The molecule has 1 aromatic carbocycles. The zero-order valence-corrected chi connectivity index (χ0v) is 10.4. The van der Waals surface area contributed by atoms with Crippen molar-refractivity contribution in [2.75, 3.05) is 11.9 Å². The number of hydrogen-bond acceptors (Lipinski definition) is 1. The molecule has 0 aliphatic carbocycles. The van der Waals surface area contributed by atoms with Gasteiger partial charge >= 0.3 is 0 Å². The van der Waals surface area contributed by atoms with Crippen molar-refractivity contribution in [3.8, 4) is 0 Å². The molecule has 0 aliphatic rings. The van der Waals surface area contributed by atoms with Crippen LogP contribution in [0, 0.1) is 11.6 Å². The van der Waals surface area contributed by atoms with E-state index >= 15 is 0 Å². The van der Waals surface area contributed by atoms with Crippen molar-refractivity contribution >= 4 is 31.9 Å². The van der Waals surface area contributed by atoms with Gasteiger partial charge < -0.3 is 4.74 Å². The largest absolute Gasteiger partial charge is 0.376 e. The highest BCUT2D eigenvalue weighted by atomic mass is 79.9. The van der Waals surface area contributed by atoms with E-state index in [1.807, 2.05) is 0 Å². The van der Waals surface area contributed by atoms with Gasteiger partial charge in [-0.1, -0.05) is 15.9 Å². The van der Waals surface area contributed by atoms with Crippen molar-refractivity contribution in [3.63, 3.8) is 0 Å². The van der Waals surface area contributed by atoms with Crippen LogP contribution in [0.2, 0.25) is 0 Å². The van der Waals surface area contributed by atoms with Gasteiger partial charge in [0.25, 0.3) is 0 Å². The van der Waals surface area contributed by atoms with E-state index in [1.54, 1.807) is 0 Å². The molecule has 0 N–H and O–H groups in total. The van der Waals surface area contributed by atoms with Gasteiger partial charge in [0.15, 0.2) is 0 Å². The highest BCUT2D eigenvalue weighted by Gasteiger charge is 2.07. The van der Waals surface area contributed by atoms with E-state index in [-0.39, 0.29) is 11.1 Å². The summed E-state index contributed by atoms with van der Waals surface area (Å²) in [4.78, 5) is 0. The molecule has 0 fully saturated rings. The molecule has 78 valence electrons. The monoisotopic (exact) mass is 328 g/mol. The number of hydrogen-bond donors (Lipinski definition) is 0. The maximum absolute atomic E-state index is 13.1. The molecule has 0 atom stereocenters. The zero-order valence-electron chi connectivity index (χ0n) is 7.20. The van der Waals surface area contributed by atoms with Gasteiger partial charge in [-0.2, -0.15) is 0 Å². The van der Waals surface area contributed by atoms with Gasteiger partial charge in [-0.05, 0) is 22.0 Å². The minimum atomic E-state index is -0.605. The maximum Gasteiger partial charge on any atom is 0.140 e. The molecule has 0 saturated carbocycles. The summed E-state index contributed by atoms with van der Waals surface area (Å²) in [5, 5.41) is 0.691. The molecule has 0 unspecified atom stereocenters. The van der Waals surface area contributed by atoms with E-state index in [2.05, 4.69) is 31.9 Å². The Morgan fingerprint density at radius 2 is 1.93 bits per heavy atom. The van der Waals surface area contributed by atoms with Crippen LogP contribution in [0.1, 0.15) is 5.56 Å². The summed E-state index contributed by atoms with van der Waals surface area (Å²) in [5.41, 5.74) is 0.347. The number of alkyl halides is 1. The highest BCUT2D eigenvalue weighted by Crippen LogP contribution is 2.20. The molecule has 0 aliphatic heterocycles. The molecule has 5 heteroatoms. The summed E-state index contributed by atoms with van der Waals surface area (Å²) in [6.45, 7) is 0.644. The fourth-order valence-corrected chi connectivity index (χ4v) is 1.53. The van der Waals surface area contributed by atoms with E-state index in [1.165, 1.54) is 6.07 Å². The van der Waals surface area contributed by atoms with Gasteiger partial charge in [-0.25, -0.2) is 8.78 Å². The molecule has 0 aromatic heterocycles. The van der Waals surface area contributed by atoms with Crippen molar-refractivity contribution in [3.05, 3.63) is 33.8 Å². The van der Waals surface area contributed by atoms with Crippen molar-refractivity contribution in [2.24, 2.45) is 0 Å². The van der Waals surface area contributed by atoms with Crippen molar-refractivity contribution in [1.82, 2.24) is 0 Å². The molecule has 1 nitrogen and oxygen atoms in total. The smallest absolute Gasteiger partial charge is 0.140 e. The van der Waals surface area contributed by atoms with Gasteiger partial charge in [-0.3, -0.25) is 0 Å². The van der Waals surface area contributed by atoms with Gasteiger partial charge in [0.1, 0.15) is 11.6 Å². The SMILES string of the molecule is Fc1cc(F)c(COCCBr)cc1Br. The summed E-state index contributed by atoms with van der Waals surface area (Å²) >= 11 is 6.16. The lowest BCUT2D eigenvalue weighted by Crippen LogP contribution is -1.99. The van der Waals surface area contributed by atoms with E-state index in [0.29, 0.717) is 17.5 Å². The molecule has 0 radical (unpaired) electrons. The van der Waals surface area contributed by atoms with Crippen molar-refractivity contribution in [1.29, 1.82) is 0 Å². The summed E-state index contributed by atoms with van der Waals surface area (Å²) in [6, 6.07) is 2.23. The van der Waals surface area contributed by atoms with Gasteiger partial charge in [0, 0.05) is 17.0 Å². The van der Waals surface area contributed by atoms with Crippen LogP contribution in [0.25, 0.3) is 0 Å². The fraction of sp³-hybridized carbons (Fsp3) is 0.333. The minimum Gasteiger partial charge on any atom is -0.376 e. The second-order valence-electron chi connectivity index (χ2n) is 2.60. The summed E-state index contributed by atoms with van der Waals surface area (Å²) in [7, 11) is 0. The lowest BCUT2D eigenvalue weighted by Gasteiger charge is -2.05. The number of rotatable bonds is 4. The highest BCUT2D eigenvalue weighted by molar-refractivity contribution is 9.10. The Hall–Kier alpha value is -0.000000000000000111. The predicted octanol–water partition coefficient (Wildman–Crippen LogP) is 3.64. The van der Waals surface area contributed by atoms with Crippen LogP contribution < -0.4 is 0 Å². The Balaban J connectivity index is 2.72. The number of ether oxygens (including phenoxy) is 1. The van der Waals surface area contributed by atoms with Crippen LogP contribution >= 0.6 is 31.9 Å². The van der Waals surface area contributed by atoms with Crippen LogP contribution in [0.5, 0.6) is 0 Å². The first-order valence-corrected chi connectivity index (χ1v) is 5.83. The standard InChI is InChI=1S/C9H8Br2F2O/c10-1-2-14-5-6-3-7(11)9(13)4-8(6)12/h3-4H,1-2,5H2. The van der Waals surface area contributed by atoms with Crippen molar-refractivity contribution < 1.29 is 13.5 Å². The average Bonchev–Trinajstić information content (AvgIpc) is 2.14. The number of benzene rings is 1. The third-order valence-corrected chi connectivity index (χ3v) is 2.50. The van der Waals surface area contributed by atoms with Crippen LogP contribution in [-0.2, 0) is 11.3 Å². The third-order valence-electron chi connectivity index (χ3n) is 1.57. The summed E-state index contributed by atoms with van der Waals surface area (Å²) < 4.78 is 31.3. The first kappa shape index (κ1) is 12.1. The van der Waals surface area contributed by atoms with E-state index in [0.717, 1.165) is 6.07 Å². The third kappa shape index (κ3) is 3.29. The molecule has 0 bridgehead atoms. The molecular formula is C9H8Br2F2O. The topological polar surface area (TPSA) is 9.23 Å². The minimum absolute atomic E-state index is 0.149. The normalized spacial score (nSPS) is 10.6. The van der Waals surface area contributed by atoms with Crippen LogP contribution in [0.4, 0.5) is 8.78 Å². The molecule has 1 aromatic rings. The van der Waals surface area contributed by atoms with Crippen LogP contribution in [0.15, 0.2) is 16.6 Å². The lowest BCUT2D eigenvalue weighted by atomic mass is 10.2. The summed E-state index contributed by atoms with van der Waals surface area (Å²) in [5.74, 6) is -1.19. The molecular weight excluding hydrogens is 322 g/mol. The van der Waals surface area contributed by atoms with Gasteiger partial charge in [0.05, 0.1) is 17.7 Å². The maximum atomic E-state index is 13.1. The van der Waals surface area contributed by atoms with Crippen LogP contribution in [0.3, 0.4) is 0 Å². The fourth-order valence-electron chi connectivity index (χ4n) is 0.911. The molecule has 0 heterocycles. The second kappa shape index (κ2) is 5.78. The summed E-state index contributed by atoms with van der Waals surface area (Å²) in [6.07, 6.45) is 0. The average molecular weight is 330 g/mol. The van der Waals surface area contributed by atoms with E-state index in [4.69, 9.17) is 4.74 Å². The lowest BCUT2D eigenvalue weighted by molar-refractivity contribution is 0.134. The van der Waals surface area contributed by atoms with Gasteiger partial charge in [0.2, 0.25) is 0 Å². The molecule has 1 rings (SSSR count). The Morgan fingerprint density at radius 3 is 2.57 bits per heavy atom. The Morgan fingerprint density at radius 1 is 1.21 bits per heavy atom. The first-order valence-electron chi connectivity index (χ1n) is 3.92. The van der Waals surface area contributed by atoms with E-state index < -0.39 is 11.6 Å². The van der Waals surface area contributed by atoms with Crippen molar-refractivity contribution in [2.45, 2.75) is 6.61 Å². The predicted molar refractivity (Wildman–Crippen MR) is 57.5 cm³/mol. The Labute approximate surface area is 97.7 Å². The zero-order chi connectivity index (χ0) is 10.6. The molecule has 0 amide bonds. The number of halogens is 4. The quantitative estimate of drug-likeness (QED) is 0.465. The Kier molecular flexibility index (Phi) is 4.98. The molecule has 0 saturated heterocycles. The van der Waals surface area contributed by atoms with Gasteiger partial charge in [-0.15, -0.1) is 0 Å². The second-order valence-corrected chi connectivity index (χ2v) is 4.25. The first-order chi connectivity index (χ1) is 6.65. The molecule has 0 spiro atoms. The van der Waals surface area contributed by atoms with Crippen LogP contribution in [-0.4, -0.2) is 11.9 Å². The Bertz CT molecular complexity index is 318. The molecule has 14 heavy (non-hydrogen) atoms.